The number of nitrogens with one attached hydrogen (secondary N) is 1. The molecule has 0 fully saturated rings. The molecule has 0 amide bonds. The molecule has 0 aliphatic carbocycles. The fourth-order valence-electron chi connectivity index (χ4n) is 2.54. The van der Waals surface area contributed by atoms with Crippen molar-refractivity contribution in [1.82, 2.24) is 0 Å². The summed E-state index contributed by atoms with van der Waals surface area (Å²) in [6.45, 7) is 3.84. The van der Waals surface area contributed by atoms with Gasteiger partial charge in [0, 0.05) is 17.8 Å². The lowest BCUT2D eigenvalue weighted by atomic mass is 10.2. The van der Waals surface area contributed by atoms with Crippen LogP contribution in [0.4, 0.5) is 11.4 Å². The van der Waals surface area contributed by atoms with Crippen LogP contribution in [0.1, 0.15) is 25.2 Å². The number of hydrogen-bond acceptors (Lipinski definition) is 7. The van der Waals surface area contributed by atoms with Crippen LogP contribution in [0.2, 0.25) is 0 Å². The molecular formula is C18H23N2O6P. The number of nitro groups is 1. The minimum atomic E-state index is -3.60. The molecule has 0 spiro atoms. The van der Waals surface area contributed by atoms with Crippen molar-refractivity contribution in [2.45, 2.75) is 19.6 Å². The predicted octanol–water partition coefficient (Wildman–Crippen LogP) is 4.98. The first-order valence-corrected chi connectivity index (χ1v) is 10.1. The van der Waals surface area contributed by atoms with Gasteiger partial charge in [0.15, 0.2) is 5.78 Å². The maximum absolute atomic E-state index is 13.4. The van der Waals surface area contributed by atoms with Crippen molar-refractivity contribution in [3.05, 3.63) is 64.2 Å². The molecule has 0 heterocycles. The lowest BCUT2D eigenvalue weighted by molar-refractivity contribution is -0.384. The average Bonchev–Trinajstić information content (AvgIpc) is 2.67. The van der Waals surface area contributed by atoms with Crippen LogP contribution >= 0.6 is 7.60 Å². The van der Waals surface area contributed by atoms with Gasteiger partial charge in [-0.1, -0.05) is 18.2 Å². The normalized spacial score (nSPS) is 12.4. The Hall–Kier alpha value is -2.41. The second-order valence-corrected chi connectivity index (χ2v) is 7.62. The molecule has 1 N–H and O–H groups in total. The molecule has 2 aromatic carbocycles. The molecule has 0 bridgehead atoms. The van der Waals surface area contributed by atoms with E-state index in [1.807, 2.05) is 0 Å². The molecular weight excluding hydrogens is 371 g/mol. The quantitative estimate of drug-likeness (QED) is 0.344. The van der Waals surface area contributed by atoms with E-state index in [-0.39, 0.29) is 18.9 Å². The fourth-order valence-corrected chi connectivity index (χ4v) is 4.48. The number of ether oxygens (including phenoxy) is 1. The Bertz CT molecular complexity index is 802. The summed E-state index contributed by atoms with van der Waals surface area (Å²) in [5.74, 6) is -0.194. The van der Waals surface area contributed by atoms with Crippen molar-refractivity contribution in [2.24, 2.45) is 0 Å². The zero-order valence-electron chi connectivity index (χ0n) is 15.5. The third kappa shape index (κ3) is 5.29. The van der Waals surface area contributed by atoms with Crippen LogP contribution in [0.25, 0.3) is 0 Å². The van der Waals surface area contributed by atoms with Crippen molar-refractivity contribution in [3.63, 3.8) is 0 Å². The van der Waals surface area contributed by atoms with Gasteiger partial charge in [-0.15, -0.1) is 0 Å². The zero-order chi connectivity index (χ0) is 19.9. The van der Waals surface area contributed by atoms with E-state index >= 15 is 0 Å². The first kappa shape index (κ1) is 20.9. The van der Waals surface area contributed by atoms with Crippen LogP contribution in [-0.4, -0.2) is 25.2 Å². The first-order chi connectivity index (χ1) is 12.9. The molecule has 0 saturated carbocycles. The van der Waals surface area contributed by atoms with E-state index in [0.29, 0.717) is 17.0 Å². The standard InChI is InChI=1S/C18H23N2O6P/c1-4-25-27(23,26-5-2)18(14-9-11-17(24-3)12-10-14)19-15-7-6-8-16(13-15)20(21)22/h6-13,18-19H,4-5H2,1-3H3/t18-/m1/s1. The summed E-state index contributed by atoms with van der Waals surface area (Å²) in [5, 5.41) is 14.1. The summed E-state index contributed by atoms with van der Waals surface area (Å²) in [6.07, 6.45) is 0. The maximum atomic E-state index is 13.4. The Morgan fingerprint density at radius 1 is 1.11 bits per heavy atom. The number of hydrogen-bond donors (Lipinski definition) is 1. The van der Waals surface area contributed by atoms with Gasteiger partial charge in [0.1, 0.15) is 5.75 Å². The molecule has 0 radical (unpaired) electrons. The maximum Gasteiger partial charge on any atom is 0.357 e. The number of anilines is 1. The van der Waals surface area contributed by atoms with E-state index in [9.17, 15) is 14.7 Å². The topological polar surface area (TPSA) is 99.9 Å². The predicted molar refractivity (Wildman–Crippen MR) is 103 cm³/mol. The molecule has 2 rings (SSSR count). The van der Waals surface area contributed by atoms with Crippen LogP contribution in [-0.2, 0) is 13.6 Å². The van der Waals surface area contributed by atoms with Crippen LogP contribution in [0.3, 0.4) is 0 Å². The van der Waals surface area contributed by atoms with Crippen molar-refractivity contribution in [3.8, 4) is 5.75 Å². The molecule has 0 unspecified atom stereocenters. The summed E-state index contributed by atoms with van der Waals surface area (Å²) < 4.78 is 29.6. The molecule has 0 aliphatic heterocycles. The highest BCUT2D eigenvalue weighted by Crippen LogP contribution is 2.60. The summed E-state index contributed by atoms with van der Waals surface area (Å²) in [6, 6.07) is 12.9. The first-order valence-electron chi connectivity index (χ1n) is 8.47. The van der Waals surface area contributed by atoms with Gasteiger partial charge in [-0.05, 0) is 37.6 Å². The molecule has 2 aromatic rings. The number of non-ortho nitro benzene ring substituents is 1. The minimum Gasteiger partial charge on any atom is -0.497 e. The van der Waals surface area contributed by atoms with Crippen LogP contribution in [0.5, 0.6) is 5.75 Å². The van der Waals surface area contributed by atoms with Crippen LogP contribution < -0.4 is 10.1 Å². The highest BCUT2D eigenvalue weighted by atomic mass is 31.2. The minimum absolute atomic E-state index is 0.0730. The largest absolute Gasteiger partial charge is 0.497 e. The van der Waals surface area contributed by atoms with Gasteiger partial charge >= 0.3 is 7.60 Å². The Balaban J connectivity index is 2.46. The monoisotopic (exact) mass is 394 g/mol. The molecule has 8 nitrogen and oxygen atoms in total. The lowest BCUT2D eigenvalue weighted by Gasteiger charge is -2.28. The molecule has 146 valence electrons. The van der Waals surface area contributed by atoms with Crippen molar-refractivity contribution >= 4 is 19.0 Å². The van der Waals surface area contributed by atoms with Crippen LogP contribution in [0, 0.1) is 10.1 Å². The van der Waals surface area contributed by atoms with Crippen molar-refractivity contribution < 1.29 is 23.3 Å². The van der Waals surface area contributed by atoms with E-state index < -0.39 is 18.3 Å². The molecule has 27 heavy (non-hydrogen) atoms. The number of methoxy groups -OCH3 is 1. The smallest absolute Gasteiger partial charge is 0.357 e. The molecule has 0 saturated heterocycles. The summed E-state index contributed by atoms with van der Waals surface area (Å²) >= 11 is 0. The zero-order valence-corrected chi connectivity index (χ0v) is 16.3. The van der Waals surface area contributed by atoms with Gasteiger partial charge < -0.3 is 19.1 Å². The Morgan fingerprint density at radius 2 is 1.74 bits per heavy atom. The summed E-state index contributed by atoms with van der Waals surface area (Å²) in [7, 11) is -2.05. The molecule has 9 heteroatoms. The molecule has 0 aromatic heterocycles. The van der Waals surface area contributed by atoms with Gasteiger partial charge in [0.05, 0.1) is 25.2 Å². The van der Waals surface area contributed by atoms with Crippen LogP contribution in [0.15, 0.2) is 48.5 Å². The number of nitrogens with zero attached hydrogens (tertiary/aromatic N) is 1. The van der Waals surface area contributed by atoms with Crippen molar-refractivity contribution in [1.29, 1.82) is 0 Å². The molecule has 0 aliphatic rings. The number of rotatable bonds is 10. The van der Waals surface area contributed by atoms with Gasteiger partial charge in [-0.2, -0.15) is 0 Å². The second-order valence-electron chi connectivity index (χ2n) is 5.50. The van der Waals surface area contributed by atoms with E-state index in [4.69, 9.17) is 13.8 Å². The molecule has 1 atom stereocenters. The lowest BCUT2D eigenvalue weighted by Crippen LogP contribution is -2.15. The van der Waals surface area contributed by atoms with E-state index in [2.05, 4.69) is 5.32 Å². The highest BCUT2D eigenvalue weighted by Gasteiger charge is 2.37. The third-order valence-electron chi connectivity index (χ3n) is 3.73. The Morgan fingerprint density at radius 3 is 2.26 bits per heavy atom. The van der Waals surface area contributed by atoms with Gasteiger partial charge in [-0.25, -0.2) is 0 Å². The van der Waals surface area contributed by atoms with E-state index in [0.717, 1.165) is 0 Å². The summed E-state index contributed by atoms with van der Waals surface area (Å²) in [5.41, 5.74) is 1.01. The average molecular weight is 394 g/mol. The second kappa shape index (κ2) is 9.50. The third-order valence-corrected chi connectivity index (χ3v) is 6.02. The highest BCUT2D eigenvalue weighted by molar-refractivity contribution is 7.54. The van der Waals surface area contributed by atoms with Crippen molar-refractivity contribution in [2.75, 3.05) is 25.6 Å². The van der Waals surface area contributed by atoms with Gasteiger partial charge in [0.2, 0.25) is 0 Å². The van der Waals surface area contributed by atoms with E-state index in [1.165, 1.54) is 12.1 Å². The Labute approximate surface area is 158 Å². The Kier molecular flexibility index (Phi) is 7.36. The van der Waals surface area contributed by atoms with Gasteiger partial charge in [0.25, 0.3) is 5.69 Å². The fraction of sp³-hybridized carbons (Fsp3) is 0.333. The van der Waals surface area contributed by atoms with E-state index in [1.54, 1.807) is 57.4 Å². The SMILES string of the molecule is CCOP(=O)(OCC)[C@@H](Nc1cccc([N+](=O)[O-])c1)c1ccc(OC)cc1. The van der Waals surface area contributed by atoms with Gasteiger partial charge in [-0.3, -0.25) is 14.7 Å². The summed E-state index contributed by atoms with van der Waals surface area (Å²) in [4.78, 5) is 10.6. The number of nitro benzene ring substituents is 1. The number of benzene rings is 2.